The molecule has 3 aromatic rings. The smallest absolute Gasteiger partial charge is 0.254 e. The summed E-state index contributed by atoms with van der Waals surface area (Å²) in [6, 6.07) is 8.06. The third-order valence-electron chi connectivity index (χ3n) is 5.52. The number of rotatable bonds is 5. The van der Waals surface area contributed by atoms with Gasteiger partial charge in [0.1, 0.15) is 11.6 Å². The van der Waals surface area contributed by atoms with Crippen LogP contribution in [0.2, 0.25) is 0 Å². The fraction of sp³-hybridized carbons (Fsp3) is 0.435. The minimum Gasteiger partial charge on any atom is -0.493 e. The number of likely N-dealkylation sites (tertiary alicyclic amines) is 1. The van der Waals surface area contributed by atoms with Crippen LogP contribution < -0.4 is 4.74 Å². The first-order chi connectivity index (χ1) is 14.4. The Balaban J connectivity index is 1.50. The van der Waals surface area contributed by atoms with Gasteiger partial charge >= 0.3 is 0 Å². The van der Waals surface area contributed by atoms with E-state index in [4.69, 9.17) is 4.74 Å². The van der Waals surface area contributed by atoms with Gasteiger partial charge in [-0.2, -0.15) is 5.10 Å². The van der Waals surface area contributed by atoms with E-state index >= 15 is 0 Å². The first-order valence-electron chi connectivity index (χ1n) is 10.4. The van der Waals surface area contributed by atoms with Gasteiger partial charge < -0.3 is 9.64 Å². The Bertz CT molecular complexity index is 1050. The van der Waals surface area contributed by atoms with Crippen LogP contribution in [0.3, 0.4) is 0 Å². The molecule has 6 nitrogen and oxygen atoms in total. The highest BCUT2D eigenvalue weighted by atomic mass is 19.1. The molecule has 0 N–H and O–H groups in total. The van der Waals surface area contributed by atoms with Crippen LogP contribution >= 0.6 is 0 Å². The van der Waals surface area contributed by atoms with Gasteiger partial charge in [-0.25, -0.2) is 14.1 Å². The first kappa shape index (κ1) is 20.3. The van der Waals surface area contributed by atoms with Gasteiger partial charge in [-0.05, 0) is 63.9 Å². The lowest BCUT2D eigenvalue weighted by molar-refractivity contribution is 0.0635. The number of pyridine rings is 1. The molecule has 158 valence electrons. The van der Waals surface area contributed by atoms with Crippen LogP contribution in [0.15, 0.2) is 36.5 Å². The van der Waals surface area contributed by atoms with Crippen LogP contribution in [0.25, 0.3) is 11.0 Å². The zero-order valence-corrected chi connectivity index (χ0v) is 17.6. The third-order valence-corrected chi connectivity index (χ3v) is 5.52. The molecular weight excluding hydrogens is 383 g/mol. The molecule has 1 aliphatic heterocycles. The summed E-state index contributed by atoms with van der Waals surface area (Å²) in [5.41, 5.74) is 2.22. The lowest BCUT2D eigenvalue weighted by Gasteiger charge is -2.33. The normalized spacial score (nSPS) is 17.0. The molecule has 1 aromatic carbocycles. The van der Waals surface area contributed by atoms with Crippen LogP contribution in [0, 0.1) is 18.7 Å². The molecular formula is C23H27FN4O2. The summed E-state index contributed by atoms with van der Waals surface area (Å²) in [7, 11) is 0. The average Bonchev–Trinajstić information content (AvgIpc) is 3.16. The largest absolute Gasteiger partial charge is 0.493 e. The van der Waals surface area contributed by atoms with Crippen molar-refractivity contribution in [1.82, 2.24) is 19.7 Å². The molecule has 0 bridgehead atoms. The van der Waals surface area contributed by atoms with Crippen molar-refractivity contribution in [2.24, 2.45) is 5.92 Å². The highest BCUT2D eigenvalue weighted by molar-refractivity contribution is 6.05. The Morgan fingerprint density at radius 3 is 2.80 bits per heavy atom. The molecule has 1 aliphatic rings. The van der Waals surface area contributed by atoms with Crippen LogP contribution in [-0.4, -0.2) is 45.3 Å². The minimum atomic E-state index is -0.281. The molecule has 1 saturated heterocycles. The molecule has 0 aliphatic carbocycles. The lowest BCUT2D eigenvalue weighted by atomic mass is 9.98. The summed E-state index contributed by atoms with van der Waals surface area (Å²) in [4.78, 5) is 19.9. The first-order valence-corrected chi connectivity index (χ1v) is 10.4. The van der Waals surface area contributed by atoms with E-state index in [2.05, 4.69) is 10.1 Å². The molecule has 1 atom stereocenters. The summed E-state index contributed by atoms with van der Waals surface area (Å²) in [6.07, 6.45) is 3.68. The van der Waals surface area contributed by atoms with Gasteiger partial charge in [-0.15, -0.1) is 0 Å². The number of carbonyl (C=O) groups excluding carboxylic acids is 1. The van der Waals surface area contributed by atoms with E-state index in [1.54, 1.807) is 18.3 Å². The number of aromatic nitrogens is 3. The van der Waals surface area contributed by atoms with Crippen LogP contribution in [0.5, 0.6) is 5.75 Å². The molecule has 2 aromatic heterocycles. The fourth-order valence-corrected chi connectivity index (χ4v) is 4.00. The van der Waals surface area contributed by atoms with Crippen LogP contribution in [-0.2, 0) is 0 Å². The van der Waals surface area contributed by atoms with E-state index in [0.29, 0.717) is 24.5 Å². The van der Waals surface area contributed by atoms with Gasteiger partial charge in [-0.1, -0.05) is 0 Å². The van der Waals surface area contributed by atoms with Gasteiger partial charge in [0, 0.05) is 30.7 Å². The van der Waals surface area contributed by atoms with Gasteiger partial charge in [0.25, 0.3) is 5.91 Å². The quantitative estimate of drug-likeness (QED) is 0.626. The van der Waals surface area contributed by atoms with Crippen molar-refractivity contribution < 1.29 is 13.9 Å². The van der Waals surface area contributed by atoms with Crippen LogP contribution in [0.1, 0.15) is 48.8 Å². The molecule has 30 heavy (non-hydrogen) atoms. The topological polar surface area (TPSA) is 60.3 Å². The monoisotopic (exact) mass is 410 g/mol. The zero-order valence-electron chi connectivity index (χ0n) is 17.6. The Morgan fingerprint density at radius 2 is 2.07 bits per heavy atom. The SMILES string of the molecule is Cc1cc(C(=O)N2CCCC(COc3ccc(F)cc3)C2)c2cnn(C(C)C)c2n1. The fourth-order valence-electron chi connectivity index (χ4n) is 4.00. The Morgan fingerprint density at radius 1 is 1.30 bits per heavy atom. The number of ether oxygens (including phenoxy) is 1. The Hall–Kier alpha value is -2.96. The van der Waals surface area contributed by atoms with Crippen molar-refractivity contribution >= 4 is 16.9 Å². The van der Waals surface area contributed by atoms with Crippen molar-refractivity contribution in [3.63, 3.8) is 0 Å². The number of fused-ring (bicyclic) bond motifs is 1. The maximum absolute atomic E-state index is 13.4. The molecule has 0 spiro atoms. The van der Waals surface area contributed by atoms with E-state index < -0.39 is 0 Å². The number of amides is 1. The summed E-state index contributed by atoms with van der Waals surface area (Å²) >= 11 is 0. The number of aryl methyl sites for hydroxylation is 1. The number of hydrogen-bond donors (Lipinski definition) is 0. The standard InChI is InChI=1S/C23H27FN4O2/c1-15(2)28-22-21(12-25-28)20(11-16(3)26-22)23(29)27-10-4-5-17(13-27)14-30-19-8-6-18(24)7-9-19/h6-9,11-12,15,17H,4-5,10,13-14H2,1-3H3. The highest BCUT2D eigenvalue weighted by Gasteiger charge is 2.27. The van der Waals surface area contributed by atoms with Gasteiger partial charge in [0.15, 0.2) is 5.65 Å². The lowest BCUT2D eigenvalue weighted by Crippen LogP contribution is -2.41. The summed E-state index contributed by atoms with van der Waals surface area (Å²) in [5.74, 6) is 0.619. The number of hydrogen-bond acceptors (Lipinski definition) is 4. The second kappa shape index (κ2) is 8.42. The predicted octanol–water partition coefficient (Wildman–Crippen LogP) is 4.39. The average molecular weight is 410 g/mol. The molecule has 0 saturated carbocycles. The molecule has 7 heteroatoms. The maximum atomic E-state index is 13.4. The molecule has 1 amide bonds. The van der Waals surface area contributed by atoms with Crippen molar-refractivity contribution in [3.05, 3.63) is 53.6 Å². The number of nitrogens with zero attached hydrogens (tertiary/aromatic N) is 4. The molecule has 0 radical (unpaired) electrons. The van der Waals surface area contributed by atoms with Crippen molar-refractivity contribution in [1.29, 1.82) is 0 Å². The number of benzene rings is 1. The van der Waals surface area contributed by atoms with Crippen LogP contribution in [0.4, 0.5) is 4.39 Å². The second-order valence-electron chi connectivity index (χ2n) is 8.26. The summed E-state index contributed by atoms with van der Waals surface area (Å²) < 4.78 is 20.7. The predicted molar refractivity (Wildman–Crippen MR) is 113 cm³/mol. The third kappa shape index (κ3) is 4.15. The van der Waals surface area contributed by atoms with Crippen molar-refractivity contribution in [2.45, 2.75) is 39.7 Å². The molecule has 1 unspecified atom stereocenters. The van der Waals surface area contributed by atoms with E-state index in [9.17, 15) is 9.18 Å². The second-order valence-corrected chi connectivity index (χ2v) is 8.26. The molecule has 4 rings (SSSR count). The van der Waals surface area contributed by atoms with E-state index in [1.165, 1.54) is 12.1 Å². The van der Waals surface area contributed by atoms with Crippen molar-refractivity contribution in [2.75, 3.05) is 19.7 Å². The number of halogens is 1. The zero-order chi connectivity index (χ0) is 21.3. The maximum Gasteiger partial charge on any atom is 0.254 e. The molecule has 1 fully saturated rings. The van der Waals surface area contributed by atoms with E-state index in [-0.39, 0.29) is 23.7 Å². The molecule has 3 heterocycles. The number of piperidine rings is 1. The van der Waals surface area contributed by atoms with Gasteiger partial charge in [0.05, 0.1) is 23.8 Å². The minimum absolute atomic E-state index is 0.0142. The Labute approximate surface area is 175 Å². The van der Waals surface area contributed by atoms with E-state index in [0.717, 1.165) is 36.1 Å². The summed E-state index contributed by atoms with van der Waals surface area (Å²) in [5, 5.41) is 5.24. The number of carbonyl (C=O) groups is 1. The van der Waals surface area contributed by atoms with Crippen molar-refractivity contribution in [3.8, 4) is 5.75 Å². The Kier molecular flexibility index (Phi) is 5.70. The van der Waals surface area contributed by atoms with Gasteiger partial charge in [0.2, 0.25) is 0 Å². The van der Waals surface area contributed by atoms with Gasteiger partial charge in [-0.3, -0.25) is 4.79 Å². The highest BCUT2D eigenvalue weighted by Crippen LogP contribution is 2.25. The van der Waals surface area contributed by atoms with E-state index in [1.807, 2.05) is 36.4 Å². The summed E-state index contributed by atoms with van der Waals surface area (Å²) in [6.45, 7) is 7.88.